The highest BCUT2D eigenvalue weighted by atomic mass is 35.5. The summed E-state index contributed by atoms with van der Waals surface area (Å²) >= 11 is 6.96. The number of anilines is 1. The Kier molecular flexibility index (Phi) is 4.16. The number of rotatable bonds is 2. The number of benzene rings is 1. The molecule has 0 saturated carbocycles. The lowest BCUT2D eigenvalue weighted by Crippen LogP contribution is -2.43. The van der Waals surface area contributed by atoms with E-state index in [0.29, 0.717) is 17.3 Å². The van der Waals surface area contributed by atoms with Crippen molar-refractivity contribution in [1.82, 2.24) is 4.90 Å². The van der Waals surface area contributed by atoms with Gasteiger partial charge in [0.15, 0.2) is 0 Å². The highest BCUT2D eigenvalue weighted by molar-refractivity contribution is 7.99. The Labute approximate surface area is 117 Å². The van der Waals surface area contributed by atoms with Crippen molar-refractivity contribution < 1.29 is 19.1 Å². The van der Waals surface area contributed by atoms with Crippen LogP contribution in [0.25, 0.3) is 0 Å². The fraction of sp³-hybridized carbons (Fsp3) is 0.273. The lowest BCUT2D eigenvalue weighted by Gasteiger charge is -2.20. The minimum Gasteiger partial charge on any atom is -0.480 e. The van der Waals surface area contributed by atoms with Crippen LogP contribution in [0.2, 0.25) is 5.02 Å². The molecule has 0 bridgehead atoms. The summed E-state index contributed by atoms with van der Waals surface area (Å²) in [5.74, 6) is -0.970. The normalized spacial score (nSPS) is 18.4. The van der Waals surface area contributed by atoms with Crippen LogP contribution < -0.4 is 5.32 Å². The van der Waals surface area contributed by atoms with Crippen LogP contribution >= 0.6 is 23.4 Å². The number of carboxylic acids is 1. The molecular weight excluding hydrogens is 295 g/mol. The molecule has 1 saturated heterocycles. The van der Waals surface area contributed by atoms with Gasteiger partial charge < -0.3 is 15.3 Å². The maximum atomic E-state index is 13.0. The molecule has 5 nitrogen and oxygen atoms in total. The molecule has 1 aromatic carbocycles. The number of carbonyl (C=O) groups is 2. The molecule has 0 aliphatic carbocycles. The molecule has 2 amide bonds. The number of nitrogens with one attached hydrogen (secondary N) is 1. The van der Waals surface area contributed by atoms with Gasteiger partial charge in [-0.1, -0.05) is 11.6 Å². The Morgan fingerprint density at radius 2 is 2.26 bits per heavy atom. The summed E-state index contributed by atoms with van der Waals surface area (Å²) < 4.78 is 13.0. The Morgan fingerprint density at radius 1 is 1.53 bits per heavy atom. The number of hydrogen-bond acceptors (Lipinski definition) is 3. The molecule has 8 heteroatoms. The van der Waals surface area contributed by atoms with Crippen LogP contribution in [0.3, 0.4) is 0 Å². The lowest BCUT2D eigenvalue weighted by atomic mass is 10.3. The average Bonchev–Trinajstić information content (AvgIpc) is 2.83. The van der Waals surface area contributed by atoms with Gasteiger partial charge in [-0.3, -0.25) is 0 Å². The summed E-state index contributed by atoms with van der Waals surface area (Å²) in [5.41, 5.74) is 0.317. The maximum Gasteiger partial charge on any atom is 0.327 e. The summed E-state index contributed by atoms with van der Waals surface area (Å²) in [6, 6.07) is 2.37. The first kappa shape index (κ1) is 14.0. The number of carboxylic acid groups (broad SMARTS) is 1. The molecule has 1 unspecified atom stereocenters. The summed E-state index contributed by atoms with van der Waals surface area (Å²) in [4.78, 5) is 24.1. The highest BCUT2D eigenvalue weighted by Crippen LogP contribution is 2.23. The number of amides is 2. The summed E-state index contributed by atoms with van der Waals surface area (Å²) in [6.45, 7) is 0. The Balaban J connectivity index is 2.08. The maximum absolute atomic E-state index is 13.0. The van der Waals surface area contributed by atoms with Gasteiger partial charge in [-0.2, -0.15) is 0 Å². The summed E-state index contributed by atoms with van der Waals surface area (Å²) in [6.07, 6.45) is 0. The third kappa shape index (κ3) is 3.10. The number of thioether (sulfide) groups is 1. The zero-order valence-corrected chi connectivity index (χ0v) is 11.2. The van der Waals surface area contributed by atoms with E-state index < -0.39 is 23.9 Å². The molecule has 2 N–H and O–H groups in total. The Bertz CT molecular complexity index is 529. The third-order valence-corrected chi connectivity index (χ3v) is 3.90. The monoisotopic (exact) mass is 304 g/mol. The van der Waals surface area contributed by atoms with Crippen LogP contribution in [0.5, 0.6) is 0 Å². The zero-order valence-electron chi connectivity index (χ0n) is 9.60. The summed E-state index contributed by atoms with van der Waals surface area (Å²) in [7, 11) is 0. The SMILES string of the molecule is O=C(O)C1CSCN1C(=O)Nc1ccc(F)c(Cl)c1. The van der Waals surface area contributed by atoms with Crippen LogP contribution in [0.1, 0.15) is 0 Å². The molecule has 0 spiro atoms. The predicted octanol–water partition coefficient (Wildman–Crippen LogP) is 2.47. The van der Waals surface area contributed by atoms with Crippen molar-refractivity contribution in [2.75, 3.05) is 16.9 Å². The molecule has 1 atom stereocenters. The number of aliphatic carboxylic acids is 1. The van der Waals surface area contributed by atoms with E-state index >= 15 is 0 Å². The van der Waals surface area contributed by atoms with Gasteiger partial charge in [0.2, 0.25) is 0 Å². The molecule has 1 aromatic rings. The number of halogens is 2. The molecule has 1 fully saturated rings. The lowest BCUT2D eigenvalue weighted by molar-refractivity contribution is -0.140. The molecule has 1 aliphatic rings. The van der Waals surface area contributed by atoms with E-state index in [9.17, 15) is 14.0 Å². The van der Waals surface area contributed by atoms with Crippen molar-refractivity contribution >= 4 is 41.1 Å². The van der Waals surface area contributed by atoms with Gasteiger partial charge in [-0.25, -0.2) is 14.0 Å². The van der Waals surface area contributed by atoms with E-state index in [1.54, 1.807) is 0 Å². The van der Waals surface area contributed by atoms with Crippen molar-refractivity contribution in [2.24, 2.45) is 0 Å². The van der Waals surface area contributed by atoms with Crippen LogP contribution in [-0.2, 0) is 4.79 Å². The number of urea groups is 1. The van der Waals surface area contributed by atoms with Gasteiger partial charge in [0.25, 0.3) is 0 Å². The smallest absolute Gasteiger partial charge is 0.327 e. The fourth-order valence-electron chi connectivity index (χ4n) is 1.62. The van der Waals surface area contributed by atoms with Crippen molar-refractivity contribution in [3.8, 4) is 0 Å². The molecule has 0 radical (unpaired) electrons. The van der Waals surface area contributed by atoms with E-state index in [4.69, 9.17) is 16.7 Å². The minimum absolute atomic E-state index is 0.108. The number of carbonyl (C=O) groups excluding carboxylic acids is 1. The van der Waals surface area contributed by atoms with Crippen LogP contribution in [0.15, 0.2) is 18.2 Å². The topological polar surface area (TPSA) is 69.6 Å². The Morgan fingerprint density at radius 3 is 2.89 bits per heavy atom. The van der Waals surface area contributed by atoms with Crippen LogP contribution in [0.4, 0.5) is 14.9 Å². The predicted molar refractivity (Wildman–Crippen MR) is 71.0 cm³/mol. The average molecular weight is 305 g/mol. The van der Waals surface area contributed by atoms with Gasteiger partial charge >= 0.3 is 12.0 Å². The first-order valence-electron chi connectivity index (χ1n) is 5.32. The zero-order chi connectivity index (χ0) is 14.0. The first-order valence-corrected chi connectivity index (χ1v) is 6.85. The van der Waals surface area contributed by atoms with E-state index in [-0.39, 0.29) is 5.02 Å². The Hall–Kier alpha value is -1.47. The minimum atomic E-state index is -1.04. The van der Waals surface area contributed by atoms with E-state index in [0.717, 1.165) is 6.07 Å². The van der Waals surface area contributed by atoms with E-state index in [1.165, 1.54) is 28.8 Å². The highest BCUT2D eigenvalue weighted by Gasteiger charge is 2.34. The second-order valence-corrected chi connectivity index (χ2v) is 5.29. The van der Waals surface area contributed by atoms with Crippen molar-refractivity contribution in [3.63, 3.8) is 0 Å². The van der Waals surface area contributed by atoms with Gasteiger partial charge in [-0.15, -0.1) is 11.8 Å². The van der Waals surface area contributed by atoms with Gasteiger partial charge in [0, 0.05) is 11.4 Å². The quantitative estimate of drug-likeness (QED) is 0.880. The number of hydrogen-bond donors (Lipinski definition) is 2. The second-order valence-electron chi connectivity index (χ2n) is 3.88. The van der Waals surface area contributed by atoms with Gasteiger partial charge in [0.05, 0.1) is 10.9 Å². The van der Waals surface area contributed by atoms with Crippen molar-refractivity contribution in [3.05, 3.63) is 29.0 Å². The van der Waals surface area contributed by atoms with E-state index in [2.05, 4.69) is 5.32 Å². The number of nitrogens with zero attached hydrogens (tertiary/aromatic N) is 1. The van der Waals surface area contributed by atoms with Gasteiger partial charge in [-0.05, 0) is 18.2 Å². The molecule has 19 heavy (non-hydrogen) atoms. The molecule has 0 aromatic heterocycles. The standard InChI is InChI=1S/C11H10ClFN2O3S/c12-7-3-6(1-2-8(7)13)14-11(18)15-5-19-4-9(15)10(16)17/h1-3,9H,4-5H2,(H,14,18)(H,16,17). The van der Waals surface area contributed by atoms with Crippen LogP contribution in [-0.4, -0.2) is 39.7 Å². The molecule has 1 aliphatic heterocycles. The van der Waals surface area contributed by atoms with Gasteiger partial charge in [0.1, 0.15) is 11.9 Å². The molecule has 1 heterocycles. The van der Waals surface area contributed by atoms with E-state index in [1.807, 2.05) is 0 Å². The van der Waals surface area contributed by atoms with Crippen LogP contribution in [0, 0.1) is 5.82 Å². The third-order valence-electron chi connectivity index (χ3n) is 2.60. The molecule has 2 rings (SSSR count). The molecular formula is C11H10ClFN2O3S. The molecule has 102 valence electrons. The second kappa shape index (κ2) is 5.66. The fourth-order valence-corrected chi connectivity index (χ4v) is 2.94. The van der Waals surface area contributed by atoms with Crippen molar-refractivity contribution in [2.45, 2.75) is 6.04 Å². The first-order chi connectivity index (χ1) is 8.99. The van der Waals surface area contributed by atoms with Crippen molar-refractivity contribution in [1.29, 1.82) is 0 Å². The summed E-state index contributed by atoms with van der Waals surface area (Å²) in [5, 5.41) is 11.4. The largest absolute Gasteiger partial charge is 0.480 e.